The van der Waals surface area contributed by atoms with Crippen LogP contribution in [0.2, 0.25) is 0 Å². The Bertz CT molecular complexity index is 1190. The van der Waals surface area contributed by atoms with Crippen LogP contribution >= 0.6 is 0 Å². The van der Waals surface area contributed by atoms with Crippen molar-refractivity contribution in [1.29, 1.82) is 0 Å². The van der Waals surface area contributed by atoms with Gasteiger partial charge in [0.15, 0.2) is 5.69 Å². The van der Waals surface area contributed by atoms with Crippen molar-refractivity contribution in [2.24, 2.45) is 7.05 Å². The summed E-state index contributed by atoms with van der Waals surface area (Å²) in [5.74, 6) is -1.06. The maximum absolute atomic E-state index is 12.6. The van der Waals surface area contributed by atoms with Crippen molar-refractivity contribution in [1.82, 2.24) is 29.8 Å². The number of ether oxygens (including phenoxy) is 1. The second-order valence-corrected chi connectivity index (χ2v) is 7.01. The number of rotatable bonds is 5. The minimum Gasteiger partial charge on any atom is -0.376 e. The van der Waals surface area contributed by atoms with E-state index in [-0.39, 0.29) is 23.5 Å². The summed E-state index contributed by atoms with van der Waals surface area (Å²) in [6, 6.07) is 7.05. The zero-order chi connectivity index (χ0) is 21.3. The standard InChI is InChI=1S/C19H20N6O5/c1-11-5-7-12(8-6-11)25-19(28)24(2)18(27)14(22-25)15-21-17(30-23-15)16(26)20-10-13-4-3-9-29-13/h5-8,13H,3-4,9-10H2,1-2H3,(H,20,26)/t13-/m0/s1. The number of hydrogen-bond acceptors (Lipinski definition) is 8. The van der Waals surface area contributed by atoms with Gasteiger partial charge in [-0.25, -0.2) is 4.79 Å². The number of aryl methyl sites for hydroxylation is 1. The van der Waals surface area contributed by atoms with Gasteiger partial charge < -0.3 is 14.6 Å². The van der Waals surface area contributed by atoms with Gasteiger partial charge in [-0.1, -0.05) is 22.9 Å². The molecule has 1 aliphatic rings. The zero-order valence-corrected chi connectivity index (χ0v) is 16.5. The maximum Gasteiger partial charge on any atom is 0.351 e. The number of carbonyl (C=O) groups is 1. The molecule has 0 bridgehead atoms. The summed E-state index contributed by atoms with van der Waals surface area (Å²) in [5, 5.41) is 10.5. The molecular formula is C19H20N6O5. The molecule has 0 spiro atoms. The molecule has 11 heteroatoms. The number of amides is 1. The largest absolute Gasteiger partial charge is 0.376 e. The number of nitrogens with one attached hydrogen (secondary N) is 1. The fraction of sp³-hybridized carbons (Fsp3) is 0.368. The van der Waals surface area contributed by atoms with Gasteiger partial charge in [0.05, 0.1) is 11.8 Å². The van der Waals surface area contributed by atoms with Crippen LogP contribution in [0.3, 0.4) is 0 Å². The van der Waals surface area contributed by atoms with E-state index < -0.39 is 17.2 Å². The number of aromatic nitrogens is 5. The molecule has 11 nitrogen and oxygen atoms in total. The molecule has 4 rings (SSSR count). The Morgan fingerprint density at radius 1 is 1.27 bits per heavy atom. The minimum atomic E-state index is -0.699. The van der Waals surface area contributed by atoms with Crippen molar-refractivity contribution in [3.63, 3.8) is 0 Å². The van der Waals surface area contributed by atoms with Crippen molar-refractivity contribution in [3.8, 4) is 17.2 Å². The first-order valence-electron chi connectivity index (χ1n) is 9.45. The Balaban J connectivity index is 1.64. The van der Waals surface area contributed by atoms with E-state index in [2.05, 4.69) is 20.6 Å². The predicted molar refractivity (Wildman–Crippen MR) is 104 cm³/mol. The molecule has 0 saturated carbocycles. The lowest BCUT2D eigenvalue weighted by Crippen LogP contribution is -2.40. The molecule has 156 valence electrons. The molecule has 1 N–H and O–H groups in total. The molecule has 1 fully saturated rings. The van der Waals surface area contributed by atoms with Crippen LogP contribution in [0, 0.1) is 6.92 Å². The van der Waals surface area contributed by atoms with Crippen molar-refractivity contribution in [2.45, 2.75) is 25.9 Å². The Morgan fingerprint density at radius 3 is 2.73 bits per heavy atom. The van der Waals surface area contributed by atoms with E-state index in [9.17, 15) is 14.4 Å². The summed E-state index contributed by atoms with van der Waals surface area (Å²) in [4.78, 5) is 41.3. The highest BCUT2D eigenvalue weighted by Gasteiger charge is 2.23. The molecule has 3 aromatic rings. The Labute approximate surface area is 170 Å². The number of hydrogen-bond donors (Lipinski definition) is 1. The van der Waals surface area contributed by atoms with Crippen molar-refractivity contribution in [3.05, 3.63) is 56.6 Å². The number of nitrogens with zero attached hydrogens (tertiary/aromatic N) is 5. The molecule has 30 heavy (non-hydrogen) atoms. The van der Waals surface area contributed by atoms with Crippen LogP contribution in [0.4, 0.5) is 0 Å². The van der Waals surface area contributed by atoms with Crippen LogP contribution in [0.15, 0.2) is 38.4 Å². The average Bonchev–Trinajstić information content (AvgIpc) is 3.44. The second-order valence-electron chi connectivity index (χ2n) is 7.01. The molecule has 1 saturated heterocycles. The van der Waals surface area contributed by atoms with Gasteiger partial charge in [0.2, 0.25) is 5.82 Å². The van der Waals surface area contributed by atoms with Crippen molar-refractivity contribution in [2.75, 3.05) is 13.2 Å². The molecule has 3 heterocycles. The van der Waals surface area contributed by atoms with E-state index in [0.717, 1.165) is 27.7 Å². The third kappa shape index (κ3) is 3.79. The van der Waals surface area contributed by atoms with Gasteiger partial charge in [-0.15, -0.1) is 0 Å². The molecule has 0 unspecified atom stereocenters. The van der Waals surface area contributed by atoms with Crippen molar-refractivity contribution < 1.29 is 14.1 Å². The lowest BCUT2D eigenvalue weighted by atomic mass is 10.2. The van der Waals surface area contributed by atoms with E-state index in [1.54, 1.807) is 12.1 Å². The highest BCUT2D eigenvalue weighted by molar-refractivity contribution is 5.89. The molecule has 1 aliphatic heterocycles. The third-order valence-corrected chi connectivity index (χ3v) is 4.80. The van der Waals surface area contributed by atoms with Crippen LogP contribution in [-0.2, 0) is 11.8 Å². The zero-order valence-electron chi connectivity index (χ0n) is 16.5. The summed E-state index contributed by atoms with van der Waals surface area (Å²) < 4.78 is 12.4. The van der Waals surface area contributed by atoms with E-state index in [1.165, 1.54) is 7.05 Å². The van der Waals surface area contributed by atoms with Gasteiger partial charge in [0.25, 0.3) is 5.56 Å². The Hall–Kier alpha value is -3.60. The quantitative estimate of drug-likeness (QED) is 0.628. The molecule has 1 atom stereocenters. The van der Waals surface area contributed by atoms with Gasteiger partial charge in [-0.3, -0.25) is 14.2 Å². The lowest BCUT2D eigenvalue weighted by Gasteiger charge is -2.08. The van der Waals surface area contributed by atoms with Crippen LogP contribution in [0.1, 0.15) is 29.1 Å². The monoisotopic (exact) mass is 412 g/mol. The van der Waals surface area contributed by atoms with Crippen LogP contribution in [0.25, 0.3) is 17.2 Å². The molecule has 0 aliphatic carbocycles. The van der Waals surface area contributed by atoms with E-state index in [0.29, 0.717) is 18.8 Å². The lowest BCUT2D eigenvalue weighted by molar-refractivity contribution is 0.0822. The molecule has 0 radical (unpaired) electrons. The summed E-state index contributed by atoms with van der Waals surface area (Å²) in [6.45, 7) is 2.92. The van der Waals surface area contributed by atoms with Gasteiger partial charge in [0.1, 0.15) is 0 Å². The Morgan fingerprint density at radius 2 is 2.03 bits per heavy atom. The van der Waals surface area contributed by atoms with Crippen molar-refractivity contribution >= 4 is 5.91 Å². The number of benzene rings is 1. The maximum atomic E-state index is 12.6. The first-order valence-corrected chi connectivity index (χ1v) is 9.45. The molecule has 1 aromatic carbocycles. The summed E-state index contributed by atoms with van der Waals surface area (Å²) in [6.07, 6.45) is 1.79. The summed E-state index contributed by atoms with van der Waals surface area (Å²) >= 11 is 0. The molecular weight excluding hydrogens is 392 g/mol. The van der Waals surface area contributed by atoms with Gasteiger partial charge in [0, 0.05) is 20.2 Å². The summed E-state index contributed by atoms with van der Waals surface area (Å²) in [7, 11) is 1.33. The predicted octanol–water partition coefficient (Wildman–Crippen LogP) is 0.198. The van der Waals surface area contributed by atoms with Gasteiger partial charge in [-0.05, 0) is 31.9 Å². The van der Waals surface area contributed by atoms with Gasteiger partial charge >= 0.3 is 17.5 Å². The topological polar surface area (TPSA) is 134 Å². The molecule has 1 amide bonds. The summed E-state index contributed by atoms with van der Waals surface area (Å²) in [5.41, 5.74) is -0.0464. The van der Waals surface area contributed by atoms with Gasteiger partial charge in [-0.2, -0.15) is 14.8 Å². The highest BCUT2D eigenvalue weighted by atomic mass is 16.5. The highest BCUT2D eigenvalue weighted by Crippen LogP contribution is 2.12. The smallest absolute Gasteiger partial charge is 0.351 e. The second kappa shape index (κ2) is 8.03. The van der Waals surface area contributed by atoms with E-state index >= 15 is 0 Å². The third-order valence-electron chi connectivity index (χ3n) is 4.80. The minimum absolute atomic E-state index is 0.0385. The normalized spacial score (nSPS) is 16.0. The van der Waals surface area contributed by atoms with Crippen LogP contribution in [0.5, 0.6) is 0 Å². The first-order chi connectivity index (χ1) is 14.4. The number of carbonyl (C=O) groups excluding carboxylic acids is 1. The first kappa shape index (κ1) is 19.7. The van der Waals surface area contributed by atoms with E-state index in [4.69, 9.17) is 9.26 Å². The SMILES string of the molecule is Cc1ccc(-n2nc(-c3noc(C(=O)NC[C@@H]4CCCO4)n3)c(=O)n(C)c2=O)cc1. The average molecular weight is 412 g/mol. The van der Waals surface area contributed by atoms with E-state index in [1.807, 2.05) is 19.1 Å². The fourth-order valence-corrected chi connectivity index (χ4v) is 3.07. The Kier molecular flexibility index (Phi) is 5.27. The van der Waals surface area contributed by atoms with Crippen LogP contribution in [-0.4, -0.2) is 49.7 Å². The fourth-order valence-electron chi connectivity index (χ4n) is 3.07. The molecule has 2 aromatic heterocycles. The van der Waals surface area contributed by atoms with Crippen LogP contribution < -0.4 is 16.6 Å².